The zero-order chi connectivity index (χ0) is 16.8. The maximum absolute atomic E-state index is 4.39. The predicted octanol–water partition coefficient (Wildman–Crippen LogP) is 3.59. The quantitative estimate of drug-likeness (QED) is 0.768. The lowest BCUT2D eigenvalue weighted by molar-refractivity contribution is 0.221. The standard InChI is InChI=1S/C19H28N4S/c1-16(10-18-12-20-6-7-21-18)22(2)14-19-11-17(15-24-19)13-23-8-4-3-5-9-23/h6-7,11-12,15-16H,3-5,8-10,13-14H2,1-2H3/t16-/m1/s1. The fourth-order valence-corrected chi connectivity index (χ4v) is 4.21. The Labute approximate surface area is 149 Å². The van der Waals surface area contributed by atoms with Crippen LogP contribution in [0.15, 0.2) is 30.0 Å². The minimum atomic E-state index is 0.453. The van der Waals surface area contributed by atoms with E-state index in [0.717, 1.165) is 25.2 Å². The first-order valence-corrected chi connectivity index (χ1v) is 9.82. The highest BCUT2D eigenvalue weighted by Crippen LogP contribution is 2.21. The van der Waals surface area contributed by atoms with Gasteiger partial charge in [-0.25, -0.2) is 0 Å². The van der Waals surface area contributed by atoms with Crippen molar-refractivity contribution in [2.75, 3.05) is 20.1 Å². The molecule has 1 fully saturated rings. The van der Waals surface area contributed by atoms with Crippen LogP contribution >= 0.6 is 11.3 Å². The van der Waals surface area contributed by atoms with E-state index in [1.807, 2.05) is 17.5 Å². The topological polar surface area (TPSA) is 32.3 Å². The Morgan fingerprint density at radius 3 is 2.83 bits per heavy atom. The third-order valence-electron chi connectivity index (χ3n) is 4.84. The second-order valence-corrected chi connectivity index (χ2v) is 7.92. The maximum atomic E-state index is 4.39. The van der Waals surface area contributed by atoms with Crippen molar-refractivity contribution in [1.29, 1.82) is 0 Å². The van der Waals surface area contributed by atoms with Crippen molar-refractivity contribution in [2.24, 2.45) is 0 Å². The summed E-state index contributed by atoms with van der Waals surface area (Å²) in [7, 11) is 2.20. The molecule has 0 spiro atoms. The van der Waals surface area contributed by atoms with E-state index in [1.54, 1.807) is 12.4 Å². The highest BCUT2D eigenvalue weighted by atomic mass is 32.1. The van der Waals surface area contributed by atoms with Gasteiger partial charge in [-0.15, -0.1) is 11.3 Å². The van der Waals surface area contributed by atoms with E-state index in [9.17, 15) is 0 Å². The first-order valence-electron chi connectivity index (χ1n) is 8.94. The van der Waals surface area contributed by atoms with E-state index in [0.29, 0.717) is 6.04 Å². The van der Waals surface area contributed by atoms with Crippen molar-refractivity contribution < 1.29 is 0 Å². The summed E-state index contributed by atoms with van der Waals surface area (Å²) in [6, 6.07) is 2.85. The summed E-state index contributed by atoms with van der Waals surface area (Å²) in [5.41, 5.74) is 2.54. The number of likely N-dealkylation sites (N-methyl/N-ethyl adjacent to an activating group) is 1. The molecule has 130 valence electrons. The van der Waals surface area contributed by atoms with E-state index < -0.39 is 0 Å². The van der Waals surface area contributed by atoms with Gasteiger partial charge in [0.25, 0.3) is 0 Å². The predicted molar refractivity (Wildman–Crippen MR) is 100 cm³/mol. The van der Waals surface area contributed by atoms with Crippen molar-refractivity contribution in [2.45, 2.75) is 51.7 Å². The Bertz CT molecular complexity index is 607. The molecule has 2 aromatic heterocycles. The summed E-state index contributed by atoms with van der Waals surface area (Å²) in [4.78, 5) is 15.0. The SMILES string of the molecule is C[C@H](Cc1cnccn1)N(C)Cc1cc(CN2CCCCC2)cs1. The van der Waals surface area contributed by atoms with Gasteiger partial charge >= 0.3 is 0 Å². The lowest BCUT2D eigenvalue weighted by atomic mass is 10.1. The van der Waals surface area contributed by atoms with E-state index >= 15 is 0 Å². The second-order valence-electron chi connectivity index (χ2n) is 6.92. The van der Waals surface area contributed by atoms with Crippen molar-refractivity contribution in [3.8, 4) is 0 Å². The molecule has 0 bridgehead atoms. The summed E-state index contributed by atoms with van der Waals surface area (Å²) in [5, 5.41) is 2.34. The van der Waals surface area contributed by atoms with Crippen LogP contribution in [-0.2, 0) is 19.5 Å². The summed E-state index contributed by atoms with van der Waals surface area (Å²) in [6.07, 6.45) is 10.4. The molecule has 3 rings (SSSR count). The molecule has 0 aliphatic carbocycles. The number of rotatable bonds is 7. The molecule has 3 heterocycles. The third-order valence-corrected chi connectivity index (χ3v) is 5.81. The van der Waals surface area contributed by atoms with Gasteiger partial charge < -0.3 is 0 Å². The number of aromatic nitrogens is 2. The molecule has 0 N–H and O–H groups in total. The fraction of sp³-hybridized carbons (Fsp3) is 0.579. The number of hydrogen-bond acceptors (Lipinski definition) is 5. The Balaban J connectivity index is 1.49. The van der Waals surface area contributed by atoms with Crippen LogP contribution in [-0.4, -0.2) is 45.9 Å². The molecule has 1 aliphatic heterocycles. The van der Waals surface area contributed by atoms with Crippen LogP contribution in [0.5, 0.6) is 0 Å². The van der Waals surface area contributed by atoms with Crippen LogP contribution in [0.1, 0.15) is 42.3 Å². The molecule has 0 radical (unpaired) electrons. The zero-order valence-corrected chi connectivity index (χ0v) is 15.6. The number of hydrogen-bond donors (Lipinski definition) is 0. The Morgan fingerprint density at radius 1 is 1.25 bits per heavy atom. The molecule has 0 amide bonds. The van der Waals surface area contributed by atoms with Gasteiger partial charge in [-0.1, -0.05) is 6.42 Å². The normalized spacial score (nSPS) is 17.3. The molecule has 5 heteroatoms. The van der Waals surface area contributed by atoms with Gasteiger partial charge in [0.15, 0.2) is 0 Å². The maximum Gasteiger partial charge on any atom is 0.0602 e. The Kier molecular flexibility index (Phi) is 6.35. The fourth-order valence-electron chi connectivity index (χ4n) is 3.26. The minimum Gasteiger partial charge on any atom is -0.299 e. The monoisotopic (exact) mass is 344 g/mol. The number of piperidine rings is 1. The summed E-state index contributed by atoms with van der Waals surface area (Å²) in [5.74, 6) is 0. The molecule has 2 aromatic rings. The van der Waals surface area contributed by atoms with Gasteiger partial charge in [-0.3, -0.25) is 19.8 Å². The molecule has 1 atom stereocenters. The van der Waals surface area contributed by atoms with E-state index in [1.165, 1.54) is 42.8 Å². The molecule has 1 aliphatic rings. The number of likely N-dealkylation sites (tertiary alicyclic amines) is 1. The van der Waals surface area contributed by atoms with Gasteiger partial charge in [-0.2, -0.15) is 0 Å². The second kappa shape index (κ2) is 8.70. The molecular weight excluding hydrogens is 316 g/mol. The lowest BCUT2D eigenvalue weighted by Crippen LogP contribution is -2.30. The van der Waals surface area contributed by atoms with Gasteiger partial charge in [0.05, 0.1) is 5.69 Å². The zero-order valence-electron chi connectivity index (χ0n) is 14.8. The van der Waals surface area contributed by atoms with Gasteiger partial charge in [0, 0.05) is 49.0 Å². The Morgan fingerprint density at radius 2 is 2.08 bits per heavy atom. The van der Waals surface area contributed by atoms with Crippen molar-refractivity contribution >= 4 is 11.3 Å². The summed E-state index contributed by atoms with van der Waals surface area (Å²) in [6.45, 7) is 6.92. The van der Waals surface area contributed by atoms with Crippen LogP contribution in [0.25, 0.3) is 0 Å². The van der Waals surface area contributed by atoms with Gasteiger partial charge in [0.1, 0.15) is 0 Å². The highest BCUT2D eigenvalue weighted by Gasteiger charge is 2.14. The van der Waals surface area contributed by atoms with Crippen molar-refractivity contribution in [1.82, 2.24) is 19.8 Å². The molecule has 0 unspecified atom stereocenters. The number of nitrogens with zero attached hydrogens (tertiary/aromatic N) is 4. The van der Waals surface area contributed by atoms with E-state index in [4.69, 9.17) is 0 Å². The largest absolute Gasteiger partial charge is 0.299 e. The molecule has 1 saturated heterocycles. The van der Waals surface area contributed by atoms with Crippen LogP contribution < -0.4 is 0 Å². The lowest BCUT2D eigenvalue weighted by Gasteiger charge is -2.26. The number of thiophene rings is 1. The van der Waals surface area contributed by atoms with E-state index in [-0.39, 0.29) is 0 Å². The van der Waals surface area contributed by atoms with Gasteiger partial charge in [-0.05, 0) is 56.9 Å². The van der Waals surface area contributed by atoms with Crippen LogP contribution in [0.2, 0.25) is 0 Å². The molecule has 0 saturated carbocycles. The third kappa shape index (κ3) is 5.10. The molecule has 24 heavy (non-hydrogen) atoms. The highest BCUT2D eigenvalue weighted by molar-refractivity contribution is 7.10. The first-order chi connectivity index (χ1) is 11.7. The smallest absolute Gasteiger partial charge is 0.0602 e. The first kappa shape index (κ1) is 17.5. The van der Waals surface area contributed by atoms with Crippen LogP contribution in [0.4, 0.5) is 0 Å². The molecule has 4 nitrogen and oxygen atoms in total. The van der Waals surface area contributed by atoms with Crippen LogP contribution in [0, 0.1) is 0 Å². The van der Waals surface area contributed by atoms with Crippen molar-refractivity contribution in [3.63, 3.8) is 0 Å². The average molecular weight is 345 g/mol. The average Bonchev–Trinajstić information content (AvgIpc) is 3.03. The molecule has 0 aromatic carbocycles. The Hall–Kier alpha value is -1.30. The minimum absolute atomic E-state index is 0.453. The summed E-state index contributed by atoms with van der Waals surface area (Å²) >= 11 is 1.89. The summed E-state index contributed by atoms with van der Waals surface area (Å²) < 4.78 is 0. The molecular formula is C19H28N4S. The van der Waals surface area contributed by atoms with Gasteiger partial charge in [0.2, 0.25) is 0 Å². The van der Waals surface area contributed by atoms with Crippen molar-refractivity contribution in [3.05, 3.63) is 46.2 Å². The van der Waals surface area contributed by atoms with Crippen LogP contribution in [0.3, 0.4) is 0 Å². The van der Waals surface area contributed by atoms with E-state index in [2.05, 4.69) is 45.2 Å².